The van der Waals surface area contributed by atoms with E-state index in [9.17, 15) is 4.79 Å². The quantitative estimate of drug-likeness (QED) is 0.779. The number of para-hydroxylation sites is 1. The van der Waals surface area contributed by atoms with Crippen LogP contribution >= 0.6 is 0 Å². The minimum Gasteiger partial charge on any atom is -0.361 e. The number of anilines is 1. The maximum Gasteiger partial charge on any atom is 0.235 e. The predicted octanol–water partition coefficient (Wildman–Crippen LogP) is 3.00. The van der Waals surface area contributed by atoms with E-state index in [4.69, 9.17) is 4.52 Å². The van der Waals surface area contributed by atoms with Crippen LogP contribution in [-0.4, -0.2) is 25.8 Å². The second-order valence-electron chi connectivity index (χ2n) is 5.75. The number of rotatable bonds is 5. The number of nitrogens with one attached hydrogen (secondary N) is 1. The summed E-state index contributed by atoms with van der Waals surface area (Å²) in [6.07, 6.45) is 1.88. The van der Waals surface area contributed by atoms with E-state index in [-0.39, 0.29) is 11.8 Å². The number of hydrogen-bond donors (Lipinski definition) is 1. The Morgan fingerprint density at radius 3 is 2.71 bits per heavy atom. The van der Waals surface area contributed by atoms with Crippen molar-refractivity contribution in [1.29, 1.82) is 0 Å². The predicted molar refractivity (Wildman–Crippen MR) is 89.0 cm³/mol. The number of amides is 1. The molecule has 0 aliphatic carbocycles. The van der Waals surface area contributed by atoms with Crippen molar-refractivity contribution >= 4 is 11.9 Å². The normalized spacial score (nSPS) is 12.1. The maximum absolute atomic E-state index is 12.4. The third kappa shape index (κ3) is 3.19. The van der Waals surface area contributed by atoms with Gasteiger partial charge in [-0.15, -0.1) is 10.2 Å². The molecule has 2 aromatic heterocycles. The number of aryl methyl sites for hydroxylation is 2. The van der Waals surface area contributed by atoms with Gasteiger partial charge >= 0.3 is 0 Å². The third-order valence-electron chi connectivity index (χ3n) is 3.91. The highest BCUT2D eigenvalue weighted by molar-refractivity contribution is 5.89. The second-order valence-corrected chi connectivity index (χ2v) is 5.75. The van der Waals surface area contributed by atoms with Gasteiger partial charge in [0.25, 0.3) is 0 Å². The van der Waals surface area contributed by atoms with Crippen molar-refractivity contribution in [3.63, 3.8) is 0 Å². The van der Waals surface area contributed by atoms with Crippen molar-refractivity contribution in [2.45, 2.75) is 33.1 Å². The molecule has 1 amide bonds. The first-order valence-corrected chi connectivity index (χ1v) is 7.74. The summed E-state index contributed by atoms with van der Waals surface area (Å²) in [5, 5.41) is 14.6. The van der Waals surface area contributed by atoms with Crippen LogP contribution in [0.2, 0.25) is 0 Å². The van der Waals surface area contributed by atoms with Gasteiger partial charge in [0.05, 0.1) is 11.4 Å². The van der Waals surface area contributed by atoms with Gasteiger partial charge in [0.1, 0.15) is 12.1 Å². The number of hydrogen-bond acceptors (Lipinski definition) is 5. The minimum atomic E-state index is -0.132. The molecule has 0 spiro atoms. The Morgan fingerprint density at radius 1 is 1.29 bits per heavy atom. The van der Waals surface area contributed by atoms with E-state index in [1.54, 1.807) is 10.9 Å². The standard InChI is InChI=1S/C17H19N5O2/c1-11(16-12(2)21-24-13(16)3)9-15(23)19-17-20-18-10-22(17)14-7-5-4-6-8-14/h4-8,10-11H,9H2,1-3H3,(H,19,20,23)/t11-/m1/s1. The second kappa shape index (κ2) is 6.66. The highest BCUT2D eigenvalue weighted by Gasteiger charge is 2.20. The van der Waals surface area contributed by atoms with Crippen LogP contribution in [0.5, 0.6) is 0 Å². The highest BCUT2D eigenvalue weighted by Crippen LogP contribution is 2.26. The molecule has 3 aromatic rings. The Hall–Kier alpha value is -2.96. The van der Waals surface area contributed by atoms with Crippen molar-refractivity contribution in [3.05, 3.63) is 53.7 Å². The number of carbonyl (C=O) groups is 1. The van der Waals surface area contributed by atoms with Crippen LogP contribution in [0.4, 0.5) is 5.95 Å². The van der Waals surface area contributed by atoms with Gasteiger partial charge in [-0.3, -0.25) is 14.7 Å². The van der Waals surface area contributed by atoms with Gasteiger partial charge in [-0.05, 0) is 31.9 Å². The number of nitrogens with zero attached hydrogens (tertiary/aromatic N) is 4. The van der Waals surface area contributed by atoms with Crippen LogP contribution in [0.15, 0.2) is 41.2 Å². The molecule has 124 valence electrons. The fourth-order valence-electron chi connectivity index (χ4n) is 2.85. The van der Waals surface area contributed by atoms with E-state index in [0.717, 1.165) is 22.7 Å². The van der Waals surface area contributed by atoms with E-state index in [1.165, 1.54) is 0 Å². The van der Waals surface area contributed by atoms with Crippen LogP contribution in [0, 0.1) is 13.8 Å². The summed E-state index contributed by atoms with van der Waals surface area (Å²) in [7, 11) is 0. The summed E-state index contributed by atoms with van der Waals surface area (Å²) in [6, 6.07) is 9.61. The van der Waals surface area contributed by atoms with E-state index < -0.39 is 0 Å². The highest BCUT2D eigenvalue weighted by atomic mass is 16.5. The molecule has 0 saturated carbocycles. The molecule has 0 unspecified atom stereocenters. The smallest absolute Gasteiger partial charge is 0.235 e. The molecule has 0 saturated heterocycles. The van der Waals surface area contributed by atoms with Crippen molar-refractivity contribution in [1.82, 2.24) is 19.9 Å². The van der Waals surface area contributed by atoms with Gasteiger partial charge in [0, 0.05) is 12.0 Å². The summed E-state index contributed by atoms with van der Waals surface area (Å²) < 4.78 is 6.91. The van der Waals surface area contributed by atoms with Gasteiger partial charge in [-0.1, -0.05) is 30.3 Å². The van der Waals surface area contributed by atoms with Gasteiger partial charge in [-0.25, -0.2) is 0 Å². The third-order valence-corrected chi connectivity index (χ3v) is 3.91. The minimum absolute atomic E-state index is 0.00402. The molecule has 0 fully saturated rings. The summed E-state index contributed by atoms with van der Waals surface area (Å²) in [5.74, 6) is 1.02. The van der Waals surface area contributed by atoms with Crippen molar-refractivity contribution in [2.24, 2.45) is 0 Å². The molecule has 2 heterocycles. The first kappa shape index (κ1) is 15.9. The molecule has 0 aliphatic heterocycles. The fourth-order valence-corrected chi connectivity index (χ4v) is 2.85. The van der Waals surface area contributed by atoms with Crippen LogP contribution in [-0.2, 0) is 4.79 Å². The van der Waals surface area contributed by atoms with Crippen LogP contribution in [0.25, 0.3) is 5.69 Å². The van der Waals surface area contributed by atoms with Crippen LogP contribution < -0.4 is 5.32 Å². The van der Waals surface area contributed by atoms with Crippen molar-refractivity contribution in [2.75, 3.05) is 5.32 Å². The van der Waals surface area contributed by atoms with Gasteiger partial charge in [-0.2, -0.15) is 0 Å². The Kier molecular flexibility index (Phi) is 4.41. The molecule has 1 aromatic carbocycles. The molecule has 3 rings (SSSR count). The number of benzene rings is 1. The van der Waals surface area contributed by atoms with Crippen molar-refractivity contribution < 1.29 is 9.32 Å². The molecule has 1 atom stereocenters. The van der Waals surface area contributed by atoms with E-state index in [1.807, 2.05) is 51.1 Å². The fraction of sp³-hybridized carbons (Fsp3) is 0.294. The monoisotopic (exact) mass is 325 g/mol. The van der Waals surface area contributed by atoms with E-state index >= 15 is 0 Å². The van der Waals surface area contributed by atoms with E-state index in [2.05, 4.69) is 20.7 Å². The Balaban J connectivity index is 1.71. The average molecular weight is 325 g/mol. The summed E-state index contributed by atoms with van der Waals surface area (Å²) in [5.41, 5.74) is 2.69. The summed E-state index contributed by atoms with van der Waals surface area (Å²) in [4.78, 5) is 12.4. The maximum atomic E-state index is 12.4. The molecule has 0 aliphatic rings. The topological polar surface area (TPSA) is 85.8 Å². The molecule has 7 nitrogen and oxygen atoms in total. The van der Waals surface area contributed by atoms with Gasteiger partial charge in [0.15, 0.2) is 0 Å². The average Bonchev–Trinajstić information content (AvgIpc) is 3.14. The largest absolute Gasteiger partial charge is 0.361 e. The molecule has 7 heteroatoms. The van der Waals surface area contributed by atoms with Crippen LogP contribution in [0.3, 0.4) is 0 Å². The molecule has 0 radical (unpaired) electrons. The lowest BCUT2D eigenvalue weighted by molar-refractivity contribution is -0.116. The first-order valence-electron chi connectivity index (χ1n) is 7.74. The summed E-state index contributed by atoms with van der Waals surface area (Å²) >= 11 is 0. The van der Waals surface area contributed by atoms with Crippen LogP contribution in [0.1, 0.15) is 36.3 Å². The lowest BCUT2D eigenvalue weighted by Crippen LogP contribution is -2.17. The zero-order valence-electron chi connectivity index (χ0n) is 13.9. The summed E-state index contributed by atoms with van der Waals surface area (Å²) in [6.45, 7) is 5.72. The first-order chi connectivity index (χ1) is 11.6. The molecular weight excluding hydrogens is 306 g/mol. The molecule has 1 N–H and O–H groups in total. The van der Waals surface area contributed by atoms with E-state index in [0.29, 0.717) is 12.4 Å². The van der Waals surface area contributed by atoms with Crippen molar-refractivity contribution in [3.8, 4) is 5.69 Å². The molecular formula is C17H19N5O2. The van der Waals surface area contributed by atoms with Gasteiger partial charge < -0.3 is 4.52 Å². The Bertz CT molecular complexity index is 818. The molecule has 0 bridgehead atoms. The molecule has 24 heavy (non-hydrogen) atoms. The lowest BCUT2D eigenvalue weighted by atomic mass is 9.96. The Morgan fingerprint density at radius 2 is 2.04 bits per heavy atom. The SMILES string of the molecule is Cc1noc(C)c1[C@H](C)CC(=O)Nc1nncn1-c1ccccc1. The zero-order valence-corrected chi connectivity index (χ0v) is 13.9. The van der Waals surface area contributed by atoms with Gasteiger partial charge in [0.2, 0.25) is 11.9 Å². The number of carbonyl (C=O) groups excluding carboxylic acids is 1. The number of aromatic nitrogens is 4. The zero-order chi connectivity index (χ0) is 17.1. The lowest BCUT2D eigenvalue weighted by Gasteiger charge is -2.12. The Labute approximate surface area is 139 Å².